The SMILES string of the molecule is CCCNCc1cccc(Cl)c1OCCN1CCOCC1. The fourth-order valence-corrected chi connectivity index (χ4v) is 2.60. The molecule has 4 nitrogen and oxygen atoms in total. The van der Waals surface area contributed by atoms with Gasteiger partial charge >= 0.3 is 0 Å². The Morgan fingerprint density at radius 1 is 1.33 bits per heavy atom. The van der Waals surface area contributed by atoms with Crippen LogP contribution in [0.5, 0.6) is 5.75 Å². The Labute approximate surface area is 132 Å². The van der Waals surface area contributed by atoms with E-state index in [9.17, 15) is 0 Å². The number of rotatable bonds is 8. The lowest BCUT2D eigenvalue weighted by Crippen LogP contribution is -2.38. The zero-order chi connectivity index (χ0) is 14.9. The van der Waals surface area contributed by atoms with E-state index in [0.29, 0.717) is 11.6 Å². The number of nitrogens with one attached hydrogen (secondary N) is 1. The van der Waals surface area contributed by atoms with Crippen molar-refractivity contribution in [2.45, 2.75) is 19.9 Å². The molecule has 1 saturated heterocycles. The Morgan fingerprint density at radius 3 is 2.90 bits per heavy atom. The second-order valence-electron chi connectivity index (χ2n) is 5.21. The lowest BCUT2D eigenvalue weighted by atomic mass is 10.2. The average molecular weight is 313 g/mol. The van der Waals surface area contributed by atoms with Crippen molar-refractivity contribution in [3.63, 3.8) is 0 Å². The number of hydrogen-bond donors (Lipinski definition) is 1. The van der Waals surface area contributed by atoms with E-state index < -0.39 is 0 Å². The summed E-state index contributed by atoms with van der Waals surface area (Å²) in [6.45, 7) is 9.12. The number of benzene rings is 1. The third kappa shape index (κ3) is 5.47. The fraction of sp³-hybridized carbons (Fsp3) is 0.625. The molecule has 0 unspecified atom stereocenters. The maximum Gasteiger partial charge on any atom is 0.142 e. The number of ether oxygens (including phenoxy) is 2. The van der Waals surface area contributed by atoms with Gasteiger partial charge in [-0.3, -0.25) is 4.90 Å². The fourth-order valence-electron chi connectivity index (χ4n) is 2.36. The van der Waals surface area contributed by atoms with Gasteiger partial charge in [0.1, 0.15) is 12.4 Å². The summed E-state index contributed by atoms with van der Waals surface area (Å²) in [6.07, 6.45) is 1.12. The Bertz CT molecular complexity index is 423. The van der Waals surface area contributed by atoms with Crippen LogP contribution in [-0.4, -0.2) is 50.9 Å². The van der Waals surface area contributed by atoms with Gasteiger partial charge in [-0.2, -0.15) is 0 Å². The van der Waals surface area contributed by atoms with Crippen molar-refractivity contribution in [1.82, 2.24) is 10.2 Å². The molecule has 1 aliphatic rings. The summed E-state index contributed by atoms with van der Waals surface area (Å²) >= 11 is 6.28. The molecule has 1 heterocycles. The van der Waals surface area contributed by atoms with E-state index in [1.54, 1.807) is 0 Å². The van der Waals surface area contributed by atoms with Crippen molar-refractivity contribution in [2.24, 2.45) is 0 Å². The van der Waals surface area contributed by atoms with Crippen molar-refractivity contribution in [2.75, 3.05) is 46.0 Å². The third-order valence-corrected chi connectivity index (χ3v) is 3.85. The topological polar surface area (TPSA) is 33.7 Å². The van der Waals surface area contributed by atoms with Crippen LogP contribution in [0.2, 0.25) is 5.02 Å². The maximum absolute atomic E-state index is 6.28. The van der Waals surface area contributed by atoms with Gasteiger partial charge in [-0.05, 0) is 19.0 Å². The van der Waals surface area contributed by atoms with Gasteiger partial charge in [0, 0.05) is 31.7 Å². The van der Waals surface area contributed by atoms with Crippen molar-refractivity contribution in [3.8, 4) is 5.75 Å². The van der Waals surface area contributed by atoms with Crippen molar-refractivity contribution in [1.29, 1.82) is 0 Å². The van der Waals surface area contributed by atoms with E-state index in [0.717, 1.165) is 63.7 Å². The molecule has 0 aliphatic carbocycles. The predicted molar refractivity (Wildman–Crippen MR) is 86.2 cm³/mol. The van der Waals surface area contributed by atoms with Crippen LogP contribution in [0.25, 0.3) is 0 Å². The number of morpholine rings is 1. The van der Waals surface area contributed by atoms with Crippen LogP contribution in [0.1, 0.15) is 18.9 Å². The van der Waals surface area contributed by atoms with Crippen LogP contribution in [0.3, 0.4) is 0 Å². The Balaban J connectivity index is 1.85. The molecule has 1 aromatic carbocycles. The Hall–Kier alpha value is -0.810. The largest absolute Gasteiger partial charge is 0.490 e. The summed E-state index contributed by atoms with van der Waals surface area (Å²) < 4.78 is 11.3. The molecular weight excluding hydrogens is 288 g/mol. The first-order chi connectivity index (χ1) is 10.3. The summed E-state index contributed by atoms with van der Waals surface area (Å²) in [4.78, 5) is 2.36. The van der Waals surface area contributed by atoms with Crippen molar-refractivity contribution >= 4 is 11.6 Å². The molecule has 0 spiro atoms. The molecule has 0 radical (unpaired) electrons. The molecule has 1 aromatic rings. The van der Waals surface area contributed by atoms with Crippen LogP contribution in [-0.2, 0) is 11.3 Å². The van der Waals surface area contributed by atoms with Gasteiger partial charge < -0.3 is 14.8 Å². The lowest BCUT2D eigenvalue weighted by molar-refractivity contribution is 0.0322. The van der Waals surface area contributed by atoms with Gasteiger partial charge in [-0.25, -0.2) is 0 Å². The summed E-state index contributed by atoms with van der Waals surface area (Å²) in [6, 6.07) is 5.92. The lowest BCUT2D eigenvalue weighted by Gasteiger charge is -2.26. The number of halogens is 1. The Kier molecular flexibility index (Phi) is 7.30. The zero-order valence-corrected chi connectivity index (χ0v) is 13.5. The van der Waals surface area contributed by atoms with E-state index in [4.69, 9.17) is 21.1 Å². The minimum Gasteiger partial charge on any atom is -0.490 e. The molecular formula is C16H25ClN2O2. The molecule has 1 aliphatic heterocycles. The highest BCUT2D eigenvalue weighted by Gasteiger charge is 2.12. The maximum atomic E-state index is 6.28. The second kappa shape index (κ2) is 9.26. The highest BCUT2D eigenvalue weighted by Crippen LogP contribution is 2.28. The number of hydrogen-bond acceptors (Lipinski definition) is 4. The molecule has 1 N–H and O–H groups in total. The number of nitrogens with zero attached hydrogens (tertiary/aromatic N) is 1. The summed E-state index contributed by atoms with van der Waals surface area (Å²) in [5, 5.41) is 4.08. The van der Waals surface area contributed by atoms with Gasteiger partial charge in [-0.15, -0.1) is 0 Å². The standard InChI is InChI=1S/C16H25ClN2O2/c1-2-6-18-13-14-4-3-5-15(17)16(14)21-12-9-19-7-10-20-11-8-19/h3-5,18H,2,6-13H2,1H3. The van der Waals surface area contributed by atoms with Gasteiger partial charge in [-0.1, -0.05) is 30.7 Å². The monoisotopic (exact) mass is 312 g/mol. The van der Waals surface area contributed by atoms with E-state index >= 15 is 0 Å². The molecule has 0 amide bonds. The van der Waals surface area contributed by atoms with E-state index in [1.165, 1.54) is 0 Å². The first-order valence-electron chi connectivity index (χ1n) is 7.72. The van der Waals surface area contributed by atoms with E-state index in [-0.39, 0.29) is 0 Å². The zero-order valence-electron chi connectivity index (χ0n) is 12.7. The van der Waals surface area contributed by atoms with Crippen LogP contribution >= 0.6 is 11.6 Å². The smallest absolute Gasteiger partial charge is 0.142 e. The summed E-state index contributed by atoms with van der Waals surface area (Å²) in [5.74, 6) is 0.816. The Morgan fingerprint density at radius 2 is 2.14 bits per heavy atom. The molecule has 1 fully saturated rings. The average Bonchev–Trinajstić information content (AvgIpc) is 2.51. The van der Waals surface area contributed by atoms with Crippen LogP contribution in [0, 0.1) is 0 Å². The van der Waals surface area contributed by atoms with Gasteiger partial charge in [0.05, 0.1) is 18.2 Å². The molecule has 0 bridgehead atoms. The minimum atomic E-state index is 0.657. The molecule has 5 heteroatoms. The molecule has 118 valence electrons. The molecule has 0 saturated carbocycles. The van der Waals surface area contributed by atoms with Crippen LogP contribution < -0.4 is 10.1 Å². The van der Waals surface area contributed by atoms with Crippen LogP contribution in [0.15, 0.2) is 18.2 Å². The third-order valence-electron chi connectivity index (χ3n) is 3.55. The summed E-state index contributed by atoms with van der Waals surface area (Å²) in [7, 11) is 0. The van der Waals surface area contributed by atoms with Gasteiger partial charge in [0.15, 0.2) is 0 Å². The van der Waals surface area contributed by atoms with Crippen molar-refractivity contribution in [3.05, 3.63) is 28.8 Å². The van der Waals surface area contributed by atoms with Gasteiger partial charge in [0.2, 0.25) is 0 Å². The molecule has 21 heavy (non-hydrogen) atoms. The first-order valence-corrected chi connectivity index (χ1v) is 8.10. The molecule has 0 atom stereocenters. The second-order valence-corrected chi connectivity index (χ2v) is 5.61. The highest BCUT2D eigenvalue weighted by molar-refractivity contribution is 6.32. The summed E-state index contributed by atoms with van der Waals surface area (Å²) in [5.41, 5.74) is 1.12. The first kappa shape index (κ1) is 16.6. The normalized spacial score (nSPS) is 16.1. The molecule has 2 rings (SSSR count). The van der Waals surface area contributed by atoms with Crippen LogP contribution in [0.4, 0.5) is 0 Å². The van der Waals surface area contributed by atoms with Crippen molar-refractivity contribution < 1.29 is 9.47 Å². The quantitative estimate of drug-likeness (QED) is 0.748. The highest BCUT2D eigenvalue weighted by atomic mass is 35.5. The number of para-hydroxylation sites is 1. The van der Waals surface area contributed by atoms with Gasteiger partial charge in [0.25, 0.3) is 0 Å². The van der Waals surface area contributed by atoms with E-state index in [2.05, 4.69) is 23.2 Å². The predicted octanol–water partition coefficient (Wildman–Crippen LogP) is 2.55. The molecule has 0 aromatic heterocycles. The van der Waals surface area contributed by atoms with E-state index in [1.807, 2.05) is 12.1 Å². The minimum absolute atomic E-state index is 0.657.